The van der Waals surface area contributed by atoms with E-state index in [0.717, 1.165) is 24.8 Å². The second-order valence-corrected chi connectivity index (χ2v) is 10.7. The first kappa shape index (κ1) is 25.7. The van der Waals surface area contributed by atoms with E-state index in [-0.39, 0.29) is 42.9 Å². The first-order valence-electron chi connectivity index (χ1n) is 12.4. The number of rotatable bonds is 8. The first-order chi connectivity index (χ1) is 18.0. The molecule has 1 fully saturated rings. The average Bonchev–Trinajstić information content (AvgIpc) is 3.58. The number of amides is 2. The highest BCUT2D eigenvalue weighted by molar-refractivity contribution is 7.10. The second kappa shape index (κ2) is 11.6. The van der Waals surface area contributed by atoms with E-state index >= 15 is 0 Å². The van der Waals surface area contributed by atoms with E-state index in [1.54, 1.807) is 57.5 Å². The lowest BCUT2D eigenvalue weighted by Crippen LogP contribution is -2.49. The van der Waals surface area contributed by atoms with Crippen LogP contribution in [0.5, 0.6) is 5.75 Å². The molecule has 9 heteroatoms. The van der Waals surface area contributed by atoms with Crippen LogP contribution in [0.2, 0.25) is 5.02 Å². The maximum atomic E-state index is 13.7. The minimum Gasteiger partial charge on any atom is -0.491 e. The fraction of sp³-hybridized carbons (Fsp3) is 0.357. The summed E-state index contributed by atoms with van der Waals surface area (Å²) in [5, 5.41) is 2.48. The van der Waals surface area contributed by atoms with Crippen LogP contribution in [-0.4, -0.2) is 60.6 Å². The second-order valence-electron chi connectivity index (χ2n) is 9.25. The summed E-state index contributed by atoms with van der Waals surface area (Å²) in [5.41, 5.74) is 1.47. The molecule has 3 aromatic rings. The van der Waals surface area contributed by atoms with Crippen molar-refractivity contribution in [2.24, 2.45) is 0 Å². The summed E-state index contributed by atoms with van der Waals surface area (Å²) in [6.07, 6.45) is 2.42. The molecule has 0 unspecified atom stereocenters. The van der Waals surface area contributed by atoms with Gasteiger partial charge in [-0.2, -0.15) is 0 Å². The minimum absolute atomic E-state index is 0.0822. The smallest absolute Gasteiger partial charge is 0.254 e. The Kier molecular flexibility index (Phi) is 8.08. The number of benzene rings is 2. The third kappa shape index (κ3) is 6.14. The van der Waals surface area contributed by atoms with Crippen LogP contribution in [0.1, 0.15) is 39.7 Å². The predicted molar refractivity (Wildman–Crippen MR) is 141 cm³/mol. The van der Waals surface area contributed by atoms with Crippen molar-refractivity contribution < 1.29 is 23.5 Å². The molecule has 2 aromatic carbocycles. The van der Waals surface area contributed by atoms with Gasteiger partial charge < -0.3 is 19.3 Å². The maximum absolute atomic E-state index is 13.7. The molecule has 0 aliphatic carbocycles. The van der Waals surface area contributed by atoms with Crippen LogP contribution in [-0.2, 0) is 16.0 Å². The molecule has 3 heterocycles. The molecule has 2 aliphatic rings. The van der Waals surface area contributed by atoms with Crippen LogP contribution in [0.25, 0.3) is 0 Å². The Morgan fingerprint density at radius 2 is 2.05 bits per heavy atom. The highest BCUT2D eigenvalue weighted by Gasteiger charge is 2.34. The summed E-state index contributed by atoms with van der Waals surface area (Å²) in [6.45, 7) is 1.61. The molecule has 1 saturated heterocycles. The molecule has 2 amide bonds. The molecule has 0 spiro atoms. The highest BCUT2D eigenvalue weighted by atomic mass is 35.5. The van der Waals surface area contributed by atoms with Crippen molar-refractivity contribution in [3.8, 4) is 5.75 Å². The Morgan fingerprint density at radius 3 is 2.84 bits per heavy atom. The van der Waals surface area contributed by atoms with Crippen LogP contribution >= 0.6 is 22.9 Å². The summed E-state index contributed by atoms with van der Waals surface area (Å²) in [6, 6.07) is 14.4. The number of hydrogen-bond acceptors (Lipinski definition) is 5. The van der Waals surface area contributed by atoms with Crippen molar-refractivity contribution in [1.29, 1.82) is 0 Å². The van der Waals surface area contributed by atoms with Gasteiger partial charge in [0.05, 0.1) is 12.1 Å². The third-order valence-corrected chi connectivity index (χ3v) is 7.98. The summed E-state index contributed by atoms with van der Waals surface area (Å²) in [7, 11) is 0. The standard InChI is InChI=1S/C28H28ClFN2O4S/c29-20-5-1-4-19(14-20)28(34)31(16-23-8-3-12-35-23)17-27(33)32-11-9-26-24(10-13-37-26)25(32)18-36-22-7-2-6-21(30)15-22/h1-2,4-7,10,13-15,23,25H,3,8-9,11-12,16-18H2/t23-,25-/m0/s1. The van der Waals surface area contributed by atoms with E-state index in [4.69, 9.17) is 21.1 Å². The fourth-order valence-electron chi connectivity index (χ4n) is 4.92. The molecule has 6 nitrogen and oxygen atoms in total. The van der Waals surface area contributed by atoms with Gasteiger partial charge in [-0.25, -0.2) is 4.39 Å². The maximum Gasteiger partial charge on any atom is 0.254 e. The zero-order valence-corrected chi connectivity index (χ0v) is 21.8. The lowest BCUT2D eigenvalue weighted by Gasteiger charge is -2.37. The van der Waals surface area contributed by atoms with Gasteiger partial charge >= 0.3 is 0 Å². The SMILES string of the molecule is O=C(c1cccc(Cl)c1)N(CC(=O)N1CCc2sccc2[C@@H]1COc1cccc(F)c1)C[C@@H]1CCCO1. The van der Waals surface area contributed by atoms with Gasteiger partial charge in [-0.3, -0.25) is 9.59 Å². The molecule has 194 valence electrons. The predicted octanol–water partition coefficient (Wildman–Crippen LogP) is 5.37. The normalized spacial score (nSPS) is 18.9. The van der Waals surface area contributed by atoms with Crippen LogP contribution in [0.3, 0.4) is 0 Å². The van der Waals surface area contributed by atoms with Crippen molar-refractivity contribution in [2.75, 3.05) is 32.8 Å². The van der Waals surface area contributed by atoms with Gasteiger partial charge in [-0.1, -0.05) is 23.7 Å². The number of ether oxygens (including phenoxy) is 2. The van der Waals surface area contributed by atoms with Gasteiger partial charge in [0.15, 0.2) is 0 Å². The Hall–Kier alpha value is -2.94. The minimum atomic E-state index is -0.380. The number of nitrogens with zero attached hydrogens (tertiary/aromatic N) is 2. The lowest BCUT2D eigenvalue weighted by atomic mass is 10.00. The Bertz CT molecular complexity index is 1260. The largest absolute Gasteiger partial charge is 0.491 e. The number of hydrogen-bond donors (Lipinski definition) is 0. The van der Waals surface area contributed by atoms with Crippen molar-refractivity contribution in [3.63, 3.8) is 0 Å². The molecule has 0 bridgehead atoms. The Labute approximate surface area is 224 Å². The highest BCUT2D eigenvalue weighted by Crippen LogP contribution is 2.34. The Morgan fingerprint density at radius 1 is 1.19 bits per heavy atom. The first-order valence-corrected chi connectivity index (χ1v) is 13.6. The molecule has 0 N–H and O–H groups in total. The number of thiophene rings is 1. The van der Waals surface area contributed by atoms with Gasteiger partial charge in [0, 0.05) is 41.2 Å². The van der Waals surface area contributed by atoms with E-state index in [1.807, 2.05) is 11.4 Å². The lowest BCUT2D eigenvalue weighted by molar-refractivity contribution is -0.135. The Balaban J connectivity index is 1.36. The number of halogens is 2. The molecular weight excluding hydrogens is 515 g/mol. The molecule has 1 aromatic heterocycles. The van der Waals surface area contributed by atoms with Crippen molar-refractivity contribution in [2.45, 2.75) is 31.4 Å². The quantitative estimate of drug-likeness (QED) is 0.384. The average molecular weight is 543 g/mol. The molecule has 0 radical (unpaired) electrons. The van der Waals surface area contributed by atoms with Crippen molar-refractivity contribution in [1.82, 2.24) is 9.80 Å². The summed E-state index contributed by atoms with van der Waals surface area (Å²) in [5.74, 6) is -0.397. The number of carbonyl (C=O) groups is 2. The third-order valence-electron chi connectivity index (χ3n) is 6.75. The summed E-state index contributed by atoms with van der Waals surface area (Å²) < 4.78 is 25.4. The van der Waals surface area contributed by atoms with Crippen molar-refractivity contribution in [3.05, 3.63) is 86.8 Å². The fourth-order valence-corrected chi connectivity index (χ4v) is 6.04. The zero-order valence-electron chi connectivity index (χ0n) is 20.3. The van der Waals surface area contributed by atoms with E-state index in [1.165, 1.54) is 17.0 Å². The summed E-state index contributed by atoms with van der Waals surface area (Å²) >= 11 is 7.79. The van der Waals surface area contributed by atoms with Crippen LogP contribution in [0.15, 0.2) is 60.0 Å². The number of carbonyl (C=O) groups excluding carboxylic acids is 2. The van der Waals surface area contributed by atoms with Gasteiger partial charge in [0.2, 0.25) is 5.91 Å². The van der Waals surface area contributed by atoms with Gasteiger partial charge in [-0.15, -0.1) is 11.3 Å². The zero-order chi connectivity index (χ0) is 25.8. The van der Waals surface area contributed by atoms with Crippen LogP contribution in [0.4, 0.5) is 4.39 Å². The molecule has 5 rings (SSSR count). The monoisotopic (exact) mass is 542 g/mol. The van der Waals surface area contributed by atoms with E-state index in [0.29, 0.717) is 36.0 Å². The van der Waals surface area contributed by atoms with Crippen LogP contribution < -0.4 is 4.74 Å². The van der Waals surface area contributed by atoms with Gasteiger partial charge in [-0.05, 0) is 66.6 Å². The topological polar surface area (TPSA) is 59.1 Å². The molecule has 2 aliphatic heterocycles. The van der Waals surface area contributed by atoms with Gasteiger partial charge in [0.1, 0.15) is 24.7 Å². The van der Waals surface area contributed by atoms with Gasteiger partial charge in [0.25, 0.3) is 5.91 Å². The van der Waals surface area contributed by atoms with E-state index < -0.39 is 0 Å². The number of fused-ring (bicyclic) bond motifs is 1. The van der Waals surface area contributed by atoms with Crippen LogP contribution in [0, 0.1) is 5.82 Å². The molecule has 2 atom stereocenters. The van der Waals surface area contributed by atoms with E-state index in [2.05, 4.69) is 0 Å². The molecule has 37 heavy (non-hydrogen) atoms. The van der Waals surface area contributed by atoms with E-state index in [9.17, 15) is 14.0 Å². The molecular formula is C28H28ClFN2O4S. The van der Waals surface area contributed by atoms with Crippen molar-refractivity contribution >= 4 is 34.8 Å². The summed E-state index contributed by atoms with van der Waals surface area (Å²) in [4.78, 5) is 31.8. The molecule has 0 saturated carbocycles.